The molecule has 0 radical (unpaired) electrons. The maximum atomic E-state index is 10.9. The van der Waals surface area contributed by atoms with Crippen molar-refractivity contribution >= 4 is 5.69 Å². The highest BCUT2D eigenvalue weighted by atomic mass is 16.7. The van der Waals surface area contributed by atoms with Crippen molar-refractivity contribution in [3.8, 4) is 5.75 Å². The summed E-state index contributed by atoms with van der Waals surface area (Å²) >= 11 is 0. The Morgan fingerprint density at radius 1 is 1.19 bits per heavy atom. The summed E-state index contributed by atoms with van der Waals surface area (Å²) in [4.78, 5) is 10.2. The van der Waals surface area contributed by atoms with Crippen LogP contribution in [-0.4, -0.2) is 62.7 Å². The third-order valence-corrected chi connectivity index (χ3v) is 3.15. The van der Waals surface area contributed by atoms with Crippen LogP contribution in [0.3, 0.4) is 0 Å². The molecule has 1 fully saturated rings. The molecule has 21 heavy (non-hydrogen) atoms. The number of nitrogens with zero attached hydrogens (tertiary/aromatic N) is 1. The van der Waals surface area contributed by atoms with Gasteiger partial charge in [0.05, 0.1) is 11.5 Å². The average Bonchev–Trinajstić information content (AvgIpc) is 2.48. The minimum Gasteiger partial charge on any atom is -0.455 e. The molecule has 116 valence electrons. The van der Waals surface area contributed by atoms with Crippen LogP contribution in [0.2, 0.25) is 0 Å². The van der Waals surface area contributed by atoms with Gasteiger partial charge < -0.3 is 29.9 Å². The molecule has 0 spiro atoms. The van der Waals surface area contributed by atoms with Gasteiger partial charge >= 0.3 is 5.69 Å². The number of rotatable bonds is 4. The molecule has 1 aliphatic rings. The third kappa shape index (κ3) is 3.12. The van der Waals surface area contributed by atoms with Gasteiger partial charge in [0.15, 0.2) is 5.75 Å². The summed E-state index contributed by atoms with van der Waals surface area (Å²) in [6, 6.07) is 5.45. The van der Waals surface area contributed by atoms with Gasteiger partial charge in [0.25, 0.3) is 0 Å². The van der Waals surface area contributed by atoms with Crippen LogP contribution in [-0.2, 0) is 4.74 Å². The van der Waals surface area contributed by atoms with Crippen molar-refractivity contribution in [2.75, 3.05) is 6.61 Å². The summed E-state index contributed by atoms with van der Waals surface area (Å²) in [5, 5.41) is 49.0. The minimum atomic E-state index is -1.62. The average molecular weight is 301 g/mol. The molecule has 1 aromatic rings. The standard InChI is InChI=1S/C12H15NO8/c14-5-8-9(15)10(16)11(17)12(21-8)20-7-4-2-1-3-6(7)13(18)19/h1-4,8-12,14-17H,5H2/t8-,9-,10+,11+,12+/m0/s1. The number of nitro benzene ring substituents is 1. The Bertz CT molecular complexity index is 508. The van der Waals surface area contributed by atoms with Crippen molar-refractivity contribution in [3.05, 3.63) is 34.4 Å². The predicted octanol–water partition coefficient (Wildman–Crippen LogP) is -1.23. The number of benzene rings is 1. The maximum absolute atomic E-state index is 10.9. The second kappa shape index (κ2) is 6.33. The Balaban J connectivity index is 2.20. The molecular formula is C12H15NO8. The van der Waals surface area contributed by atoms with Gasteiger partial charge in [0.1, 0.15) is 24.4 Å². The van der Waals surface area contributed by atoms with Crippen molar-refractivity contribution in [2.24, 2.45) is 0 Å². The monoisotopic (exact) mass is 301 g/mol. The first-order chi connectivity index (χ1) is 9.95. The highest BCUT2D eigenvalue weighted by Gasteiger charge is 2.45. The number of hydrogen-bond acceptors (Lipinski definition) is 8. The summed E-state index contributed by atoms with van der Waals surface area (Å²) in [6.07, 6.45) is -7.35. The second-order valence-electron chi connectivity index (χ2n) is 4.54. The van der Waals surface area contributed by atoms with E-state index < -0.39 is 42.2 Å². The molecule has 1 aliphatic heterocycles. The quantitative estimate of drug-likeness (QED) is 0.400. The first-order valence-electron chi connectivity index (χ1n) is 6.16. The zero-order valence-corrected chi connectivity index (χ0v) is 10.8. The van der Waals surface area contributed by atoms with Crippen LogP contribution < -0.4 is 4.74 Å². The number of para-hydroxylation sites is 2. The van der Waals surface area contributed by atoms with Crippen LogP contribution in [0, 0.1) is 10.1 Å². The lowest BCUT2D eigenvalue weighted by molar-refractivity contribution is -0.387. The number of nitro groups is 1. The fourth-order valence-corrected chi connectivity index (χ4v) is 2.00. The molecule has 1 aromatic carbocycles. The van der Waals surface area contributed by atoms with E-state index in [2.05, 4.69) is 0 Å². The summed E-state index contributed by atoms with van der Waals surface area (Å²) < 4.78 is 10.3. The van der Waals surface area contributed by atoms with E-state index in [1.165, 1.54) is 24.3 Å². The number of aliphatic hydroxyl groups is 4. The van der Waals surface area contributed by atoms with Crippen LogP contribution in [0.4, 0.5) is 5.69 Å². The van der Waals surface area contributed by atoms with Crippen molar-refractivity contribution in [3.63, 3.8) is 0 Å². The molecule has 0 bridgehead atoms. The Hall–Kier alpha value is -1.78. The normalized spacial score (nSPS) is 32.7. The largest absolute Gasteiger partial charge is 0.455 e. The molecule has 0 amide bonds. The number of hydrogen-bond donors (Lipinski definition) is 4. The van der Waals surface area contributed by atoms with Gasteiger partial charge in [-0.2, -0.15) is 0 Å². The van der Waals surface area contributed by atoms with Crippen LogP contribution in [0.5, 0.6) is 5.75 Å². The number of ether oxygens (including phenoxy) is 2. The molecular weight excluding hydrogens is 286 g/mol. The molecule has 9 nitrogen and oxygen atoms in total. The molecule has 4 N–H and O–H groups in total. The molecule has 0 aliphatic carbocycles. The van der Waals surface area contributed by atoms with E-state index in [0.717, 1.165) is 0 Å². The van der Waals surface area contributed by atoms with Crippen LogP contribution in [0.25, 0.3) is 0 Å². The summed E-state index contributed by atoms with van der Waals surface area (Å²) in [6.45, 7) is -0.609. The second-order valence-corrected chi connectivity index (χ2v) is 4.54. The Kier molecular flexibility index (Phi) is 4.70. The van der Waals surface area contributed by atoms with E-state index in [1.807, 2.05) is 0 Å². The third-order valence-electron chi connectivity index (χ3n) is 3.15. The highest BCUT2D eigenvalue weighted by molar-refractivity contribution is 5.45. The van der Waals surface area contributed by atoms with Gasteiger partial charge in [0, 0.05) is 6.07 Å². The molecule has 1 saturated heterocycles. The zero-order chi connectivity index (χ0) is 15.6. The fourth-order valence-electron chi connectivity index (χ4n) is 2.00. The molecule has 0 unspecified atom stereocenters. The minimum absolute atomic E-state index is 0.160. The van der Waals surface area contributed by atoms with E-state index in [0.29, 0.717) is 0 Å². The Labute approximate surface area is 119 Å². The first kappa shape index (κ1) is 15.6. The van der Waals surface area contributed by atoms with Gasteiger partial charge in [-0.3, -0.25) is 10.1 Å². The van der Waals surface area contributed by atoms with E-state index >= 15 is 0 Å². The zero-order valence-electron chi connectivity index (χ0n) is 10.8. The topological polar surface area (TPSA) is 143 Å². The molecule has 2 rings (SSSR count). The predicted molar refractivity (Wildman–Crippen MR) is 67.5 cm³/mol. The van der Waals surface area contributed by atoms with Crippen molar-refractivity contribution in [1.29, 1.82) is 0 Å². The fraction of sp³-hybridized carbons (Fsp3) is 0.500. The van der Waals surface area contributed by atoms with E-state index in [9.17, 15) is 25.4 Å². The Morgan fingerprint density at radius 2 is 1.86 bits per heavy atom. The Morgan fingerprint density at radius 3 is 2.48 bits per heavy atom. The van der Waals surface area contributed by atoms with Gasteiger partial charge in [0.2, 0.25) is 6.29 Å². The molecule has 0 aromatic heterocycles. The van der Waals surface area contributed by atoms with Gasteiger partial charge in [-0.1, -0.05) is 12.1 Å². The molecule has 9 heteroatoms. The lowest BCUT2D eigenvalue weighted by Crippen LogP contribution is -2.60. The van der Waals surface area contributed by atoms with Crippen LogP contribution in [0.15, 0.2) is 24.3 Å². The van der Waals surface area contributed by atoms with Crippen molar-refractivity contribution < 1.29 is 34.8 Å². The highest BCUT2D eigenvalue weighted by Crippen LogP contribution is 2.30. The van der Waals surface area contributed by atoms with Gasteiger partial charge in [-0.25, -0.2) is 0 Å². The van der Waals surface area contributed by atoms with Gasteiger partial charge in [-0.15, -0.1) is 0 Å². The SMILES string of the molecule is O=[N+]([O-])c1ccccc1O[C@@H]1O[C@@H](CO)[C@H](O)[C@@H](O)[C@H]1O. The van der Waals surface area contributed by atoms with Crippen LogP contribution >= 0.6 is 0 Å². The lowest BCUT2D eigenvalue weighted by atomic mass is 9.99. The molecule has 1 heterocycles. The number of aliphatic hydroxyl groups excluding tert-OH is 4. The van der Waals surface area contributed by atoms with Gasteiger partial charge in [-0.05, 0) is 6.07 Å². The summed E-state index contributed by atoms with van der Waals surface area (Å²) in [7, 11) is 0. The summed E-state index contributed by atoms with van der Waals surface area (Å²) in [5.41, 5.74) is -0.338. The molecule has 5 atom stereocenters. The van der Waals surface area contributed by atoms with Crippen molar-refractivity contribution in [1.82, 2.24) is 0 Å². The van der Waals surface area contributed by atoms with E-state index in [1.54, 1.807) is 0 Å². The van der Waals surface area contributed by atoms with Crippen LogP contribution in [0.1, 0.15) is 0 Å². The lowest BCUT2D eigenvalue weighted by Gasteiger charge is -2.39. The summed E-state index contributed by atoms with van der Waals surface area (Å²) in [5.74, 6) is -0.160. The van der Waals surface area contributed by atoms with E-state index in [-0.39, 0.29) is 11.4 Å². The van der Waals surface area contributed by atoms with E-state index in [4.69, 9.17) is 14.6 Å². The smallest absolute Gasteiger partial charge is 0.311 e. The van der Waals surface area contributed by atoms with Crippen molar-refractivity contribution in [2.45, 2.75) is 30.7 Å². The maximum Gasteiger partial charge on any atom is 0.311 e. The first-order valence-corrected chi connectivity index (χ1v) is 6.16. The molecule has 0 saturated carbocycles.